The number of aliphatic hydroxyl groups excluding tert-OH is 1. The van der Waals surface area contributed by atoms with E-state index in [1.165, 1.54) is 20.9 Å². The van der Waals surface area contributed by atoms with Crippen molar-refractivity contribution in [2.45, 2.75) is 27.1 Å². The number of hydroxylamine groups is 3. The molecule has 0 bridgehead atoms. The van der Waals surface area contributed by atoms with Crippen molar-refractivity contribution in [1.29, 1.82) is 0 Å². The van der Waals surface area contributed by atoms with E-state index in [-0.39, 0.29) is 48.7 Å². The molecule has 0 aliphatic carbocycles. The molecular weight excluding hydrogens is 463 g/mol. The van der Waals surface area contributed by atoms with Gasteiger partial charge in [0.1, 0.15) is 6.54 Å². The van der Waals surface area contributed by atoms with Gasteiger partial charge in [0.05, 0.1) is 19.7 Å². The van der Waals surface area contributed by atoms with Crippen LogP contribution in [0.1, 0.15) is 17.2 Å². The SMILES string of the molecule is CS(=O)c1ccc2c(c1)C(N1CC[N+]([O-])(CCO)CC1)Cc1ccccc1S2.Cl.Cl. The van der Waals surface area contributed by atoms with Gasteiger partial charge in [0.2, 0.25) is 0 Å². The maximum atomic E-state index is 12.7. The zero-order valence-corrected chi connectivity index (χ0v) is 20.1. The van der Waals surface area contributed by atoms with Crippen LogP contribution in [0, 0.1) is 5.21 Å². The number of quaternary nitrogens is 1. The van der Waals surface area contributed by atoms with Gasteiger partial charge in [0.15, 0.2) is 0 Å². The van der Waals surface area contributed by atoms with Gasteiger partial charge in [-0.05, 0) is 41.8 Å². The smallest absolute Gasteiger partial charge is 0.102 e. The van der Waals surface area contributed by atoms with Crippen molar-refractivity contribution < 1.29 is 14.0 Å². The molecule has 2 unspecified atom stereocenters. The molecule has 0 amide bonds. The third kappa shape index (κ3) is 5.40. The van der Waals surface area contributed by atoms with Gasteiger partial charge in [0, 0.05) is 50.9 Å². The van der Waals surface area contributed by atoms with Crippen molar-refractivity contribution in [1.82, 2.24) is 4.90 Å². The molecule has 0 spiro atoms. The third-order valence-corrected chi connectivity index (χ3v) is 7.94. The number of benzene rings is 2. The van der Waals surface area contributed by atoms with Gasteiger partial charge >= 0.3 is 0 Å². The first kappa shape index (κ1) is 25.6. The second-order valence-electron chi connectivity index (χ2n) is 7.57. The molecule has 2 atom stereocenters. The van der Waals surface area contributed by atoms with E-state index >= 15 is 0 Å². The van der Waals surface area contributed by atoms with E-state index in [1.807, 2.05) is 6.07 Å². The van der Waals surface area contributed by atoms with Gasteiger partial charge in [0.25, 0.3) is 0 Å². The maximum absolute atomic E-state index is 12.7. The highest BCUT2D eigenvalue weighted by Gasteiger charge is 2.33. The lowest BCUT2D eigenvalue weighted by Gasteiger charge is -2.49. The summed E-state index contributed by atoms with van der Waals surface area (Å²) in [5, 5.41) is 21.9. The zero-order valence-electron chi connectivity index (χ0n) is 16.9. The van der Waals surface area contributed by atoms with Gasteiger partial charge in [-0.15, -0.1) is 24.8 Å². The summed E-state index contributed by atoms with van der Waals surface area (Å²) in [5.41, 5.74) is 2.53. The Labute approximate surface area is 197 Å². The maximum Gasteiger partial charge on any atom is 0.102 e. The third-order valence-electron chi connectivity index (χ3n) is 5.82. The van der Waals surface area contributed by atoms with Crippen LogP contribution in [0.2, 0.25) is 0 Å². The Kier molecular flexibility index (Phi) is 9.21. The molecule has 166 valence electrons. The van der Waals surface area contributed by atoms with Crippen LogP contribution in [0.25, 0.3) is 0 Å². The summed E-state index contributed by atoms with van der Waals surface area (Å²) in [6.45, 7) is 2.62. The highest BCUT2D eigenvalue weighted by Crippen LogP contribution is 2.43. The summed E-state index contributed by atoms with van der Waals surface area (Å²) < 4.78 is 11.8. The van der Waals surface area contributed by atoms with E-state index in [4.69, 9.17) is 0 Å². The summed E-state index contributed by atoms with van der Waals surface area (Å²) in [6.07, 6.45) is 2.60. The number of halogens is 2. The lowest BCUT2D eigenvalue weighted by molar-refractivity contribution is -0.885. The van der Waals surface area contributed by atoms with Crippen molar-refractivity contribution in [2.75, 3.05) is 45.6 Å². The molecule has 2 aliphatic rings. The van der Waals surface area contributed by atoms with Crippen LogP contribution in [0.4, 0.5) is 0 Å². The monoisotopic (exact) mass is 490 g/mol. The first-order chi connectivity index (χ1) is 13.5. The topological polar surface area (TPSA) is 63.6 Å². The fourth-order valence-electron chi connectivity index (χ4n) is 4.16. The van der Waals surface area contributed by atoms with Crippen molar-refractivity contribution in [2.24, 2.45) is 0 Å². The molecule has 1 N–H and O–H groups in total. The quantitative estimate of drug-likeness (QED) is 0.523. The van der Waals surface area contributed by atoms with Crippen LogP contribution in [-0.4, -0.2) is 64.4 Å². The lowest BCUT2D eigenvalue weighted by Crippen LogP contribution is -2.57. The molecule has 5 nitrogen and oxygen atoms in total. The Hall–Kier alpha value is -0.640. The predicted octanol–water partition coefficient (Wildman–Crippen LogP) is 3.64. The largest absolute Gasteiger partial charge is 0.633 e. The van der Waals surface area contributed by atoms with Crippen molar-refractivity contribution >= 4 is 47.4 Å². The molecule has 0 saturated carbocycles. The molecule has 4 rings (SSSR count). The number of hydrogen-bond donors (Lipinski definition) is 1. The fraction of sp³-hybridized carbons (Fsp3) is 0.429. The highest BCUT2D eigenvalue weighted by atomic mass is 35.5. The van der Waals surface area contributed by atoms with Gasteiger partial charge in [-0.1, -0.05) is 30.0 Å². The Morgan fingerprint density at radius 2 is 1.87 bits per heavy atom. The van der Waals surface area contributed by atoms with E-state index in [0.717, 1.165) is 11.3 Å². The molecular formula is C21H28Cl2N2O3S2. The minimum absolute atomic E-state index is 0. The lowest BCUT2D eigenvalue weighted by atomic mass is 9.96. The molecule has 9 heteroatoms. The molecule has 0 aromatic heterocycles. The van der Waals surface area contributed by atoms with E-state index in [2.05, 4.69) is 41.3 Å². The minimum atomic E-state index is -1.03. The Morgan fingerprint density at radius 3 is 2.53 bits per heavy atom. The molecule has 2 aromatic carbocycles. The molecule has 30 heavy (non-hydrogen) atoms. The Bertz CT molecular complexity index is 892. The van der Waals surface area contributed by atoms with Crippen LogP contribution >= 0.6 is 36.6 Å². The van der Waals surface area contributed by atoms with Crippen LogP contribution in [0.3, 0.4) is 0 Å². The second-order valence-corrected chi connectivity index (χ2v) is 10.0. The van der Waals surface area contributed by atoms with E-state index in [0.29, 0.717) is 26.2 Å². The average Bonchev–Trinajstić information content (AvgIpc) is 2.84. The molecule has 1 saturated heterocycles. The molecule has 2 heterocycles. The standard InChI is InChI=1S/C21H26N2O3S2.2ClH/c1-28(26)17-6-7-21-18(15-17)19(14-16-4-2-3-5-20(16)27-21)22-8-10-23(25,11-9-22)12-13-24;;/h2-7,15,19,24H,8-14H2,1H3;2*1H. The highest BCUT2D eigenvalue weighted by molar-refractivity contribution is 7.99. The van der Waals surface area contributed by atoms with Crippen molar-refractivity contribution in [3.05, 3.63) is 58.8 Å². The Morgan fingerprint density at radius 1 is 1.17 bits per heavy atom. The van der Waals surface area contributed by atoms with Crippen LogP contribution in [-0.2, 0) is 17.2 Å². The fourth-order valence-corrected chi connectivity index (χ4v) is 5.82. The van der Waals surface area contributed by atoms with Gasteiger partial charge in [-0.3, -0.25) is 9.11 Å². The van der Waals surface area contributed by atoms with Crippen molar-refractivity contribution in [3.8, 4) is 0 Å². The first-order valence-electron chi connectivity index (χ1n) is 9.64. The number of piperazine rings is 1. The Balaban J connectivity index is 0.00000160. The predicted molar refractivity (Wildman–Crippen MR) is 127 cm³/mol. The number of fused-ring (bicyclic) bond motifs is 2. The molecule has 2 aliphatic heterocycles. The summed E-state index contributed by atoms with van der Waals surface area (Å²) in [6, 6.07) is 14.8. The van der Waals surface area contributed by atoms with Crippen LogP contribution in [0.15, 0.2) is 57.2 Å². The molecule has 1 fully saturated rings. The second kappa shape index (κ2) is 10.8. The van der Waals surface area contributed by atoms with Gasteiger partial charge in [-0.25, -0.2) is 0 Å². The number of aliphatic hydroxyl groups is 1. The summed E-state index contributed by atoms with van der Waals surface area (Å²) in [4.78, 5) is 5.72. The average molecular weight is 492 g/mol. The number of nitrogens with zero attached hydrogens (tertiary/aromatic N) is 2. The molecule has 2 aromatic rings. The van der Waals surface area contributed by atoms with E-state index in [9.17, 15) is 14.5 Å². The first-order valence-corrected chi connectivity index (χ1v) is 12.0. The van der Waals surface area contributed by atoms with Crippen LogP contribution in [0.5, 0.6) is 0 Å². The summed E-state index contributed by atoms with van der Waals surface area (Å²) in [5.74, 6) is 0. The van der Waals surface area contributed by atoms with Crippen LogP contribution < -0.4 is 0 Å². The van der Waals surface area contributed by atoms with Crippen molar-refractivity contribution in [3.63, 3.8) is 0 Å². The number of hydrogen-bond acceptors (Lipinski definition) is 5. The van der Waals surface area contributed by atoms with Gasteiger partial charge in [-0.2, -0.15) is 0 Å². The summed E-state index contributed by atoms with van der Waals surface area (Å²) in [7, 11) is -1.03. The minimum Gasteiger partial charge on any atom is -0.633 e. The normalized spacial score (nSPS) is 21.2. The zero-order chi connectivity index (χ0) is 19.7. The summed E-state index contributed by atoms with van der Waals surface area (Å²) >= 11 is 1.78. The van der Waals surface area contributed by atoms with E-state index in [1.54, 1.807) is 18.0 Å². The number of rotatable bonds is 4. The van der Waals surface area contributed by atoms with E-state index < -0.39 is 10.8 Å². The van der Waals surface area contributed by atoms with Gasteiger partial charge < -0.3 is 15.0 Å². The molecule has 0 radical (unpaired) electrons.